The smallest absolute Gasteiger partial charge is 0.410 e. The molecule has 35 heavy (non-hydrogen) atoms. The third-order valence-corrected chi connectivity index (χ3v) is 6.37. The zero-order valence-corrected chi connectivity index (χ0v) is 20.3. The van der Waals surface area contributed by atoms with Gasteiger partial charge in [-0.05, 0) is 12.5 Å². The second kappa shape index (κ2) is 9.50. The molecule has 12 heteroatoms. The van der Waals surface area contributed by atoms with Crippen LogP contribution < -0.4 is 20.1 Å². The highest BCUT2D eigenvalue weighted by atomic mass is 35.5. The van der Waals surface area contributed by atoms with Crippen molar-refractivity contribution in [3.05, 3.63) is 63.3 Å². The number of amides is 1. The number of benzene rings is 2. The molecule has 0 fully saturated rings. The summed E-state index contributed by atoms with van der Waals surface area (Å²) in [5.74, 6) is -0.432. The van der Waals surface area contributed by atoms with E-state index in [1.165, 1.54) is 26.4 Å². The van der Waals surface area contributed by atoms with E-state index in [1.54, 1.807) is 12.1 Å². The number of alkyl halides is 3. The molecule has 1 aliphatic heterocycles. The van der Waals surface area contributed by atoms with E-state index in [1.807, 2.05) is 19.1 Å². The maximum Gasteiger partial charge on any atom is 0.410 e. The number of carbonyl (C=O) groups excluding carboxylic acids is 1. The summed E-state index contributed by atoms with van der Waals surface area (Å²) in [7, 11) is 2.77. The second-order valence-electron chi connectivity index (χ2n) is 8.00. The van der Waals surface area contributed by atoms with Crippen LogP contribution in [0.5, 0.6) is 11.5 Å². The molecule has 4 rings (SSSR count). The van der Waals surface area contributed by atoms with E-state index < -0.39 is 24.2 Å². The molecule has 7 nitrogen and oxygen atoms in total. The Morgan fingerprint density at radius 1 is 1.14 bits per heavy atom. The van der Waals surface area contributed by atoms with Crippen LogP contribution in [0.25, 0.3) is 0 Å². The lowest BCUT2D eigenvalue weighted by atomic mass is 9.96. The van der Waals surface area contributed by atoms with Crippen LogP contribution in [0.15, 0.2) is 36.4 Å². The number of fused-ring (bicyclic) bond motifs is 1. The molecule has 2 N–H and O–H groups in total. The van der Waals surface area contributed by atoms with Crippen molar-refractivity contribution in [1.29, 1.82) is 0 Å². The molecule has 2 heterocycles. The van der Waals surface area contributed by atoms with E-state index in [-0.39, 0.29) is 45.2 Å². The summed E-state index contributed by atoms with van der Waals surface area (Å²) in [6, 6.07) is 7.35. The summed E-state index contributed by atoms with van der Waals surface area (Å²) >= 11 is 12.5. The summed E-state index contributed by atoms with van der Waals surface area (Å²) in [6.07, 6.45) is -4.93. The van der Waals surface area contributed by atoms with E-state index in [9.17, 15) is 18.0 Å². The van der Waals surface area contributed by atoms with Gasteiger partial charge in [0.05, 0.1) is 31.0 Å². The van der Waals surface area contributed by atoms with Gasteiger partial charge in [0.25, 0.3) is 5.91 Å². The Labute approximate surface area is 209 Å². The first kappa shape index (κ1) is 25.0. The Kier molecular flexibility index (Phi) is 6.79. The van der Waals surface area contributed by atoms with Gasteiger partial charge in [-0.1, -0.05) is 53.0 Å². The summed E-state index contributed by atoms with van der Waals surface area (Å²) < 4.78 is 53.1. The molecule has 0 bridgehead atoms. The van der Waals surface area contributed by atoms with Gasteiger partial charge in [0, 0.05) is 18.6 Å². The fraction of sp³-hybridized carbons (Fsp3) is 0.304. The third-order valence-electron chi connectivity index (χ3n) is 5.71. The van der Waals surface area contributed by atoms with Crippen molar-refractivity contribution in [2.24, 2.45) is 0 Å². The quantitative estimate of drug-likeness (QED) is 0.399. The SMILES string of the molecule is COc1cc(NC(=O)c2nn3c(c2Cl)N[C@H](c2ccc(C)cc2)C[C@@H]3C(F)(F)F)c(OC)cc1Cl. The zero-order chi connectivity index (χ0) is 25.5. The molecule has 0 saturated carbocycles. The minimum Gasteiger partial charge on any atom is -0.495 e. The normalized spacial score (nSPS) is 17.4. The molecule has 0 spiro atoms. The van der Waals surface area contributed by atoms with Crippen molar-refractivity contribution in [2.45, 2.75) is 31.6 Å². The lowest BCUT2D eigenvalue weighted by Gasteiger charge is -2.33. The molecule has 2 atom stereocenters. The van der Waals surface area contributed by atoms with Crippen LogP contribution in [0.1, 0.15) is 40.1 Å². The Morgan fingerprint density at radius 3 is 2.40 bits per heavy atom. The lowest BCUT2D eigenvalue weighted by Crippen LogP contribution is -2.35. The fourth-order valence-corrected chi connectivity index (χ4v) is 4.39. The molecule has 2 aromatic carbocycles. The highest BCUT2D eigenvalue weighted by Gasteiger charge is 2.47. The van der Waals surface area contributed by atoms with Crippen molar-refractivity contribution < 1.29 is 27.4 Å². The number of aromatic nitrogens is 2. The van der Waals surface area contributed by atoms with Crippen molar-refractivity contribution in [3.8, 4) is 11.5 Å². The van der Waals surface area contributed by atoms with Gasteiger partial charge in [-0.15, -0.1) is 0 Å². The number of anilines is 2. The van der Waals surface area contributed by atoms with Crippen LogP contribution in [0.2, 0.25) is 10.0 Å². The molecule has 3 aromatic rings. The van der Waals surface area contributed by atoms with Gasteiger partial charge in [-0.3, -0.25) is 4.79 Å². The summed E-state index contributed by atoms with van der Waals surface area (Å²) in [5, 5.41) is 9.54. The number of carbonyl (C=O) groups is 1. The minimum atomic E-state index is -4.62. The predicted molar refractivity (Wildman–Crippen MR) is 127 cm³/mol. The maximum absolute atomic E-state index is 14.0. The van der Waals surface area contributed by atoms with Gasteiger partial charge in [0.15, 0.2) is 11.7 Å². The maximum atomic E-state index is 14.0. The van der Waals surface area contributed by atoms with E-state index in [4.69, 9.17) is 32.7 Å². The standard InChI is InChI=1S/C23H21Cl2F3N4O3/c1-11-4-6-12(7-5-11)14-10-18(23(26,27)28)32-21(29-14)19(25)20(31-32)22(33)30-15-9-16(34-2)13(24)8-17(15)35-3/h4-9,14,18,29H,10H2,1-3H3,(H,30,33)/t14-,18+/m0/s1. The number of halogens is 5. The van der Waals surface area contributed by atoms with Gasteiger partial charge in [-0.25, -0.2) is 4.68 Å². The summed E-state index contributed by atoms with van der Waals surface area (Å²) in [6.45, 7) is 1.89. The first-order valence-corrected chi connectivity index (χ1v) is 11.2. The van der Waals surface area contributed by atoms with Gasteiger partial charge in [0.1, 0.15) is 22.3 Å². The molecule has 1 aromatic heterocycles. The van der Waals surface area contributed by atoms with Crippen molar-refractivity contribution >= 4 is 40.6 Å². The number of rotatable bonds is 5. The van der Waals surface area contributed by atoms with Crippen LogP contribution in [-0.4, -0.2) is 36.1 Å². The number of methoxy groups -OCH3 is 2. The molecular formula is C23H21Cl2F3N4O3. The van der Waals surface area contributed by atoms with E-state index in [0.29, 0.717) is 5.56 Å². The molecule has 0 radical (unpaired) electrons. The number of nitrogens with zero attached hydrogens (tertiary/aromatic N) is 2. The number of nitrogens with one attached hydrogen (secondary N) is 2. The fourth-order valence-electron chi connectivity index (χ4n) is 3.89. The topological polar surface area (TPSA) is 77.4 Å². The number of hydrogen-bond donors (Lipinski definition) is 2. The Balaban J connectivity index is 1.71. The Bertz CT molecular complexity index is 1260. The molecule has 0 aliphatic carbocycles. The molecule has 1 aliphatic rings. The average Bonchev–Trinajstić information content (AvgIpc) is 3.15. The molecule has 0 unspecified atom stereocenters. The van der Waals surface area contributed by atoms with Crippen LogP contribution in [0.4, 0.5) is 24.7 Å². The number of ether oxygens (including phenoxy) is 2. The highest BCUT2D eigenvalue weighted by Crippen LogP contribution is 2.46. The van der Waals surface area contributed by atoms with Crippen molar-refractivity contribution in [2.75, 3.05) is 24.9 Å². The predicted octanol–water partition coefficient (Wildman–Crippen LogP) is 6.43. The minimum absolute atomic E-state index is 0.0865. The third kappa shape index (κ3) is 4.85. The highest BCUT2D eigenvalue weighted by molar-refractivity contribution is 6.36. The Morgan fingerprint density at radius 2 is 1.80 bits per heavy atom. The molecule has 1 amide bonds. The lowest BCUT2D eigenvalue weighted by molar-refractivity contribution is -0.173. The van der Waals surface area contributed by atoms with Gasteiger partial charge >= 0.3 is 6.18 Å². The second-order valence-corrected chi connectivity index (χ2v) is 8.78. The Hall–Kier alpha value is -3.11. The first-order chi connectivity index (χ1) is 16.5. The van der Waals surface area contributed by atoms with E-state index in [0.717, 1.165) is 10.2 Å². The van der Waals surface area contributed by atoms with Gasteiger partial charge in [-0.2, -0.15) is 18.3 Å². The number of hydrogen-bond acceptors (Lipinski definition) is 5. The largest absolute Gasteiger partial charge is 0.495 e. The van der Waals surface area contributed by atoms with E-state index >= 15 is 0 Å². The van der Waals surface area contributed by atoms with E-state index in [2.05, 4.69) is 15.7 Å². The summed E-state index contributed by atoms with van der Waals surface area (Å²) in [4.78, 5) is 13.0. The monoisotopic (exact) mass is 528 g/mol. The zero-order valence-electron chi connectivity index (χ0n) is 18.8. The molecule has 186 valence electrons. The average molecular weight is 529 g/mol. The van der Waals surface area contributed by atoms with Crippen LogP contribution >= 0.6 is 23.2 Å². The van der Waals surface area contributed by atoms with Crippen LogP contribution in [-0.2, 0) is 0 Å². The van der Waals surface area contributed by atoms with Gasteiger partial charge in [0.2, 0.25) is 0 Å². The van der Waals surface area contributed by atoms with Crippen LogP contribution in [0.3, 0.4) is 0 Å². The van der Waals surface area contributed by atoms with Crippen LogP contribution in [0, 0.1) is 6.92 Å². The van der Waals surface area contributed by atoms with Gasteiger partial charge < -0.3 is 20.1 Å². The molecular weight excluding hydrogens is 508 g/mol. The number of aryl methyl sites for hydroxylation is 1. The molecule has 0 saturated heterocycles. The van der Waals surface area contributed by atoms with Crippen molar-refractivity contribution in [1.82, 2.24) is 9.78 Å². The summed E-state index contributed by atoms with van der Waals surface area (Å²) in [5.41, 5.74) is 1.45. The first-order valence-electron chi connectivity index (χ1n) is 10.4. The van der Waals surface area contributed by atoms with Crippen molar-refractivity contribution in [3.63, 3.8) is 0 Å².